The summed E-state index contributed by atoms with van der Waals surface area (Å²) in [4.78, 5) is 13.1. The van der Waals surface area contributed by atoms with E-state index < -0.39 is 30.0 Å². The molecule has 0 N–H and O–H groups in total. The highest BCUT2D eigenvalue weighted by Crippen LogP contribution is 2.24. The smallest absolute Gasteiger partial charge is 0.414 e. The summed E-state index contributed by atoms with van der Waals surface area (Å²) in [7, 11) is 0. The van der Waals surface area contributed by atoms with Crippen LogP contribution in [0.5, 0.6) is 5.75 Å². The highest BCUT2D eigenvalue weighted by Gasteiger charge is 2.38. The van der Waals surface area contributed by atoms with E-state index in [1.165, 1.54) is 53.4 Å². The van der Waals surface area contributed by atoms with Gasteiger partial charge >= 0.3 is 6.09 Å². The fourth-order valence-corrected chi connectivity index (χ4v) is 2.32. The van der Waals surface area contributed by atoms with Crippen molar-refractivity contribution in [1.82, 2.24) is 0 Å². The zero-order valence-corrected chi connectivity index (χ0v) is 12.5. The Morgan fingerprint density at radius 3 is 2.29 bits per heavy atom. The Kier molecular flexibility index (Phi) is 4.59. The zero-order valence-electron chi connectivity index (χ0n) is 12.5. The molecule has 0 radical (unpaired) electrons. The molecule has 1 aliphatic heterocycles. The second kappa shape index (κ2) is 6.82. The van der Waals surface area contributed by atoms with Gasteiger partial charge in [-0.05, 0) is 48.5 Å². The molecule has 1 aliphatic rings. The van der Waals surface area contributed by atoms with E-state index in [2.05, 4.69) is 0 Å². The number of alkyl halides is 1. The first-order chi connectivity index (χ1) is 11.5. The Hall–Kier alpha value is -2.70. The Morgan fingerprint density at radius 2 is 1.67 bits per heavy atom. The van der Waals surface area contributed by atoms with Gasteiger partial charge in [-0.1, -0.05) is 0 Å². The normalized spacial score (nSPS) is 18.4. The maximum absolute atomic E-state index is 14.2. The molecule has 2 unspecified atom stereocenters. The molecule has 1 fully saturated rings. The SMILES string of the molecule is O=C1OC(C(F)COc2ccc(F)cc2)CN1c1ccc(F)cc1. The van der Waals surface area contributed by atoms with Crippen LogP contribution in [0.4, 0.5) is 23.7 Å². The van der Waals surface area contributed by atoms with Crippen LogP contribution < -0.4 is 9.64 Å². The molecule has 0 aliphatic carbocycles. The lowest BCUT2D eigenvalue weighted by molar-refractivity contribution is 0.0572. The first-order valence-corrected chi connectivity index (χ1v) is 7.29. The minimum Gasteiger partial charge on any atom is -0.490 e. The van der Waals surface area contributed by atoms with Gasteiger partial charge in [0.2, 0.25) is 0 Å². The van der Waals surface area contributed by atoms with E-state index in [-0.39, 0.29) is 13.2 Å². The van der Waals surface area contributed by atoms with Crippen LogP contribution in [0.2, 0.25) is 0 Å². The van der Waals surface area contributed by atoms with Gasteiger partial charge in [0.1, 0.15) is 24.0 Å². The molecule has 2 atom stereocenters. The molecule has 7 heteroatoms. The number of carbonyl (C=O) groups excluding carboxylic acids is 1. The van der Waals surface area contributed by atoms with Gasteiger partial charge in [-0.2, -0.15) is 0 Å². The zero-order chi connectivity index (χ0) is 17.1. The third kappa shape index (κ3) is 3.61. The third-order valence-corrected chi connectivity index (χ3v) is 3.60. The Bertz CT molecular complexity index is 706. The lowest BCUT2D eigenvalue weighted by Crippen LogP contribution is -2.32. The number of anilines is 1. The second-order valence-corrected chi connectivity index (χ2v) is 5.29. The summed E-state index contributed by atoms with van der Waals surface area (Å²) in [5, 5.41) is 0. The predicted molar refractivity (Wildman–Crippen MR) is 80.8 cm³/mol. The molecule has 1 amide bonds. The summed E-state index contributed by atoms with van der Waals surface area (Å²) in [6.45, 7) is -0.334. The molecular formula is C17H14F3NO3. The topological polar surface area (TPSA) is 38.8 Å². The molecule has 126 valence electrons. The Morgan fingerprint density at radius 1 is 1.08 bits per heavy atom. The standard InChI is InChI=1S/C17H14F3NO3/c18-11-1-5-13(6-2-11)21-9-16(24-17(21)22)15(20)10-23-14-7-3-12(19)4-8-14/h1-8,15-16H,9-10H2. The van der Waals surface area contributed by atoms with Crippen molar-refractivity contribution < 1.29 is 27.4 Å². The number of carbonyl (C=O) groups is 1. The number of nitrogens with zero attached hydrogens (tertiary/aromatic N) is 1. The van der Waals surface area contributed by atoms with Crippen LogP contribution >= 0.6 is 0 Å². The van der Waals surface area contributed by atoms with Gasteiger partial charge in [0.05, 0.1) is 6.54 Å². The van der Waals surface area contributed by atoms with Crippen molar-refractivity contribution in [2.24, 2.45) is 0 Å². The van der Waals surface area contributed by atoms with Crippen LogP contribution in [0.3, 0.4) is 0 Å². The summed E-state index contributed by atoms with van der Waals surface area (Å²) in [5.74, 6) is -0.531. The molecule has 24 heavy (non-hydrogen) atoms. The second-order valence-electron chi connectivity index (χ2n) is 5.29. The van der Waals surface area contributed by atoms with Crippen molar-refractivity contribution in [3.63, 3.8) is 0 Å². The Labute approximate surface area is 136 Å². The summed E-state index contributed by atoms with van der Waals surface area (Å²) in [5.41, 5.74) is 0.426. The summed E-state index contributed by atoms with van der Waals surface area (Å²) < 4.78 is 50.2. The number of hydrogen-bond acceptors (Lipinski definition) is 3. The monoisotopic (exact) mass is 337 g/mol. The van der Waals surface area contributed by atoms with Crippen molar-refractivity contribution >= 4 is 11.8 Å². The van der Waals surface area contributed by atoms with Crippen molar-refractivity contribution in [3.8, 4) is 5.75 Å². The average molecular weight is 337 g/mol. The first-order valence-electron chi connectivity index (χ1n) is 7.29. The molecule has 2 aromatic rings. The van der Waals surface area contributed by atoms with Crippen LogP contribution in [0, 0.1) is 11.6 Å². The highest BCUT2D eigenvalue weighted by molar-refractivity contribution is 5.89. The van der Waals surface area contributed by atoms with Gasteiger partial charge in [-0.25, -0.2) is 18.0 Å². The molecule has 1 saturated heterocycles. The van der Waals surface area contributed by atoms with E-state index in [1.54, 1.807) is 0 Å². The molecule has 4 nitrogen and oxygen atoms in total. The van der Waals surface area contributed by atoms with E-state index in [1.807, 2.05) is 0 Å². The van der Waals surface area contributed by atoms with Gasteiger partial charge in [-0.15, -0.1) is 0 Å². The van der Waals surface area contributed by atoms with Gasteiger partial charge in [-0.3, -0.25) is 4.90 Å². The number of hydrogen-bond donors (Lipinski definition) is 0. The highest BCUT2D eigenvalue weighted by atomic mass is 19.1. The van der Waals surface area contributed by atoms with Gasteiger partial charge < -0.3 is 9.47 Å². The van der Waals surface area contributed by atoms with Crippen LogP contribution in [-0.4, -0.2) is 31.5 Å². The van der Waals surface area contributed by atoms with E-state index >= 15 is 0 Å². The van der Waals surface area contributed by atoms with Crippen LogP contribution in [-0.2, 0) is 4.74 Å². The maximum Gasteiger partial charge on any atom is 0.414 e. The molecule has 1 heterocycles. The van der Waals surface area contributed by atoms with Crippen LogP contribution in [0.1, 0.15) is 0 Å². The molecule has 0 bridgehead atoms. The van der Waals surface area contributed by atoms with Crippen molar-refractivity contribution in [2.45, 2.75) is 12.3 Å². The number of rotatable bonds is 5. The number of ether oxygens (including phenoxy) is 2. The minimum atomic E-state index is -1.55. The summed E-state index contributed by atoms with van der Waals surface area (Å²) >= 11 is 0. The van der Waals surface area contributed by atoms with Gasteiger partial charge in [0.15, 0.2) is 12.3 Å². The molecule has 2 aromatic carbocycles. The summed E-state index contributed by atoms with van der Waals surface area (Å²) in [6.07, 6.45) is -3.25. The lowest BCUT2D eigenvalue weighted by Gasteiger charge is -2.15. The van der Waals surface area contributed by atoms with Crippen LogP contribution in [0.15, 0.2) is 48.5 Å². The number of cyclic esters (lactones) is 1. The quantitative estimate of drug-likeness (QED) is 0.835. The number of amides is 1. The molecular weight excluding hydrogens is 323 g/mol. The van der Waals surface area contributed by atoms with Crippen molar-refractivity contribution in [1.29, 1.82) is 0 Å². The van der Waals surface area contributed by atoms with Crippen molar-refractivity contribution in [3.05, 3.63) is 60.2 Å². The van der Waals surface area contributed by atoms with Gasteiger partial charge in [0.25, 0.3) is 0 Å². The number of halogens is 3. The summed E-state index contributed by atoms with van der Waals surface area (Å²) in [6, 6.07) is 10.4. The lowest BCUT2D eigenvalue weighted by atomic mass is 10.2. The molecule has 3 rings (SSSR count). The molecule has 0 spiro atoms. The minimum absolute atomic E-state index is 0.00158. The largest absolute Gasteiger partial charge is 0.490 e. The first kappa shape index (κ1) is 16.2. The van der Waals surface area contributed by atoms with E-state index in [0.29, 0.717) is 11.4 Å². The molecule has 0 aromatic heterocycles. The fourth-order valence-electron chi connectivity index (χ4n) is 2.32. The third-order valence-electron chi connectivity index (χ3n) is 3.60. The van der Waals surface area contributed by atoms with Gasteiger partial charge in [0, 0.05) is 5.69 Å². The van der Waals surface area contributed by atoms with E-state index in [4.69, 9.17) is 9.47 Å². The van der Waals surface area contributed by atoms with Crippen LogP contribution in [0.25, 0.3) is 0 Å². The predicted octanol–water partition coefficient (Wildman–Crippen LogP) is 3.71. The van der Waals surface area contributed by atoms with E-state index in [0.717, 1.165) is 0 Å². The van der Waals surface area contributed by atoms with Crippen molar-refractivity contribution in [2.75, 3.05) is 18.1 Å². The Balaban J connectivity index is 1.58. The van der Waals surface area contributed by atoms with E-state index in [9.17, 15) is 18.0 Å². The maximum atomic E-state index is 14.2. The fraction of sp³-hybridized carbons (Fsp3) is 0.235. The number of benzene rings is 2. The average Bonchev–Trinajstić information content (AvgIpc) is 2.97. The molecule has 0 saturated carbocycles.